The Bertz CT molecular complexity index is 507. The Morgan fingerprint density at radius 2 is 1.44 bits per heavy atom. The molecule has 94 valence electrons. The Kier molecular flexibility index (Phi) is 3.68. The van der Waals surface area contributed by atoms with Crippen molar-refractivity contribution in [2.45, 2.75) is 26.9 Å². The first-order valence-electron chi connectivity index (χ1n) is 6.09. The summed E-state index contributed by atoms with van der Waals surface area (Å²) in [5.74, 6) is 1.63. The van der Waals surface area contributed by atoms with Crippen molar-refractivity contribution in [2.24, 2.45) is 0 Å². The fraction of sp³-hybridized carbons (Fsp3) is 0.250. The minimum absolute atomic E-state index is 0.444. The number of rotatable bonds is 3. The van der Waals surface area contributed by atoms with Gasteiger partial charge >= 0.3 is 0 Å². The number of aliphatic hydroxyl groups excluding tert-OH is 1. The second-order valence-corrected chi connectivity index (χ2v) is 4.67. The molecule has 0 fully saturated rings. The summed E-state index contributed by atoms with van der Waals surface area (Å²) in [4.78, 5) is 0. The van der Waals surface area contributed by atoms with Crippen LogP contribution < -0.4 is 4.74 Å². The molecule has 0 aromatic heterocycles. The molecule has 2 rings (SSSR count). The average Bonchev–Trinajstić information content (AvgIpc) is 2.28. The van der Waals surface area contributed by atoms with Gasteiger partial charge in [0.1, 0.15) is 11.5 Å². The number of hydrogen-bond donors (Lipinski definition) is 1. The molecule has 0 bridgehead atoms. The summed E-state index contributed by atoms with van der Waals surface area (Å²) >= 11 is 0. The van der Waals surface area contributed by atoms with Gasteiger partial charge in [0, 0.05) is 0 Å². The Labute approximate surface area is 108 Å². The van der Waals surface area contributed by atoms with Gasteiger partial charge in [-0.1, -0.05) is 18.2 Å². The molecule has 0 saturated carbocycles. The van der Waals surface area contributed by atoms with E-state index in [0.717, 1.165) is 17.1 Å². The van der Waals surface area contributed by atoms with Crippen LogP contribution in [0.3, 0.4) is 0 Å². The SMILES string of the molecule is Cc1cc(C)cc(Oc2ccc(C(C)O)cc2)c1. The standard InChI is InChI=1S/C16H18O2/c1-11-8-12(2)10-16(9-11)18-15-6-4-14(5-7-15)13(3)17/h4-10,13,17H,1-3H3. The molecule has 1 N–H and O–H groups in total. The first-order chi connectivity index (χ1) is 8.54. The number of benzene rings is 2. The van der Waals surface area contributed by atoms with Gasteiger partial charge in [0.05, 0.1) is 6.10 Å². The Morgan fingerprint density at radius 1 is 0.889 bits per heavy atom. The third-order valence-electron chi connectivity index (χ3n) is 2.79. The molecule has 2 nitrogen and oxygen atoms in total. The second kappa shape index (κ2) is 5.23. The molecule has 0 spiro atoms. The third-order valence-corrected chi connectivity index (χ3v) is 2.79. The molecule has 1 atom stereocenters. The van der Waals surface area contributed by atoms with Crippen LogP contribution in [0.25, 0.3) is 0 Å². The molecule has 0 aliphatic carbocycles. The highest BCUT2D eigenvalue weighted by molar-refractivity contribution is 5.37. The molecule has 0 aliphatic rings. The molecular weight excluding hydrogens is 224 g/mol. The molecular formula is C16H18O2. The van der Waals surface area contributed by atoms with Crippen molar-refractivity contribution >= 4 is 0 Å². The van der Waals surface area contributed by atoms with Gasteiger partial charge in [-0.25, -0.2) is 0 Å². The highest BCUT2D eigenvalue weighted by Gasteiger charge is 2.02. The number of ether oxygens (including phenoxy) is 1. The van der Waals surface area contributed by atoms with E-state index in [1.807, 2.05) is 36.4 Å². The van der Waals surface area contributed by atoms with E-state index in [-0.39, 0.29) is 0 Å². The Morgan fingerprint density at radius 3 is 1.94 bits per heavy atom. The fourth-order valence-corrected chi connectivity index (χ4v) is 1.94. The summed E-state index contributed by atoms with van der Waals surface area (Å²) < 4.78 is 5.79. The van der Waals surface area contributed by atoms with Gasteiger partial charge < -0.3 is 9.84 Å². The highest BCUT2D eigenvalue weighted by Crippen LogP contribution is 2.25. The molecule has 2 aromatic rings. The van der Waals surface area contributed by atoms with E-state index in [4.69, 9.17) is 4.74 Å². The van der Waals surface area contributed by atoms with E-state index in [9.17, 15) is 5.11 Å². The van der Waals surface area contributed by atoms with E-state index in [1.54, 1.807) is 6.92 Å². The summed E-state index contributed by atoms with van der Waals surface area (Å²) in [6.07, 6.45) is -0.444. The van der Waals surface area contributed by atoms with Crippen molar-refractivity contribution < 1.29 is 9.84 Å². The van der Waals surface area contributed by atoms with Gasteiger partial charge in [-0.3, -0.25) is 0 Å². The lowest BCUT2D eigenvalue weighted by Crippen LogP contribution is -1.91. The van der Waals surface area contributed by atoms with Crippen molar-refractivity contribution in [3.63, 3.8) is 0 Å². The van der Waals surface area contributed by atoms with Crippen LogP contribution in [0.2, 0.25) is 0 Å². The van der Waals surface area contributed by atoms with Crippen LogP contribution in [-0.4, -0.2) is 5.11 Å². The van der Waals surface area contributed by atoms with Gasteiger partial charge in [0.15, 0.2) is 0 Å². The maximum atomic E-state index is 9.44. The van der Waals surface area contributed by atoms with Crippen molar-refractivity contribution in [2.75, 3.05) is 0 Å². The van der Waals surface area contributed by atoms with Crippen molar-refractivity contribution in [1.29, 1.82) is 0 Å². The summed E-state index contributed by atoms with van der Waals surface area (Å²) in [5.41, 5.74) is 3.26. The van der Waals surface area contributed by atoms with Crippen LogP contribution in [0.1, 0.15) is 29.7 Å². The monoisotopic (exact) mass is 242 g/mol. The lowest BCUT2D eigenvalue weighted by molar-refractivity contribution is 0.199. The van der Waals surface area contributed by atoms with Gasteiger partial charge in [-0.15, -0.1) is 0 Å². The number of hydrogen-bond acceptors (Lipinski definition) is 2. The number of aryl methyl sites for hydroxylation is 2. The van der Waals surface area contributed by atoms with Crippen LogP contribution in [-0.2, 0) is 0 Å². The molecule has 0 amide bonds. The van der Waals surface area contributed by atoms with Gasteiger partial charge in [0.2, 0.25) is 0 Å². The van der Waals surface area contributed by atoms with Gasteiger partial charge in [0.25, 0.3) is 0 Å². The zero-order valence-corrected chi connectivity index (χ0v) is 11.0. The zero-order chi connectivity index (χ0) is 13.1. The summed E-state index contributed by atoms with van der Waals surface area (Å²) in [6.45, 7) is 5.85. The van der Waals surface area contributed by atoms with Crippen molar-refractivity contribution in [3.8, 4) is 11.5 Å². The van der Waals surface area contributed by atoms with Crippen LogP contribution in [0.4, 0.5) is 0 Å². The quantitative estimate of drug-likeness (QED) is 0.876. The van der Waals surface area contributed by atoms with Crippen LogP contribution >= 0.6 is 0 Å². The van der Waals surface area contributed by atoms with Crippen molar-refractivity contribution in [3.05, 3.63) is 59.2 Å². The van der Waals surface area contributed by atoms with E-state index >= 15 is 0 Å². The summed E-state index contributed by atoms with van der Waals surface area (Å²) in [6, 6.07) is 13.6. The van der Waals surface area contributed by atoms with Gasteiger partial charge in [-0.05, 0) is 61.7 Å². The zero-order valence-electron chi connectivity index (χ0n) is 11.0. The van der Waals surface area contributed by atoms with Gasteiger partial charge in [-0.2, -0.15) is 0 Å². The molecule has 0 saturated heterocycles. The van der Waals surface area contributed by atoms with Crippen molar-refractivity contribution in [1.82, 2.24) is 0 Å². The highest BCUT2D eigenvalue weighted by atomic mass is 16.5. The second-order valence-electron chi connectivity index (χ2n) is 4.67. The molecule has 2 heteroatoms. The van der Waals surface area contributed by atoms with Crippen LogP contribution in [0.5, 0.6) is 11.5 Å². The minimum Gasteiger partial charge on any atom is -0.457 e. The molecule has 2 aromatic carbocycles. The fourth-order valence-electron chi connectivity index (χ4n) is 1.94. The van der Waals surface area contributed by atoms with E-state index in [0.29, 0.717) is 0 Å². The van der Waals surface area contributed by atoms with E-state index in [1.165, 1.54) is 11.1 Å². The molecule has 18 heavy (non-hydrogen) atoms. The number of aliphatic hydroxyl groups is 1. The van der Waals surface area contributed by atoms with Crippen LogP contribution in [0.15, 0.2) is 42.5 Å². The molecule has 0 heterocycles. The predicted molar refractivity (Wildman–Crippen MR) is 73.1 cm³/mol. The third kappa shape index (κ3) is 3.11. The first-order valence-corrected chi connectivity index (χ1v) is 6.09. The Balaban J connectivity index is 2.18. The lowest BCUT2D eigenvalue weighted by Gasteiger charge is -2.09. The Hall–Kier alpha value is -1.80. The summed E-state index contributed by atoms with van der Waals surface area (Å²) in [5, 5.41) is 9.44. The smallest absolute Gasteiger partial charge is 0.127 e. The van der Waals surface area contributed by atoms with Crippen LogP contribution in [0, 0.1) is 13.8 Å². The predicted octanol–water partition coefficient (Wildman–Crippen LogP) is 4.15. The van der Waals surface area contributed by atoms with E-state index < -0.39 is 6.10 Å². The van der Waals surface area contributed by atoms with E-state index in [2.05, 4.69) is 19.9 Å². The molecule has 1 unspecified atom stereocenters. The largest absolute Gasteiger partial charge is 0.457 e. The molecule has 0 radical (unpaired) electrons. The topological polar surface area (TPSA) is 29.5 Å². The normalized spacial score (nSPS) is 12.2. The lowest BCUT2D eigenvalue weighted by atomic mass is 10.1. The maximum absolute atomic E-state index is 9.44. The molecule has 0 aliphatic heterocycles. The average molecular weight is 242 g/mol. The minimum atomic E-state index is -0.444. The first kappa shape index (κ1) is 12.7. The maximum Gasteiger partial charge on any atom is 0.127 e. The summed E-state index contributed by atoms with van der Waals surface area (Å²) in [7, 11) is 0.